The average Bonchev–Trinajstić information content (AvgIpc) is 2.50. The Bertz CT molecular complexity index is 378. The number of hydrogen-bond acceptors (Lipinski definition) is 5. The number of carbonyl (C=O) groups is 2. The average molecular weight is 312 g/mol. The van der Waals surface area contributed by atoms with Crippen LogP contribution in [-0.2, 0) is 14.3 Å². The Morgan fingerprint density at radius 2 is 1.55 bits per heavy atom. The van der Waals surface area contributed by atoms with Crippen LogP contribution in [0.3, 0.4) is 0 Å². The van der Waals surface area contributed by atoms with Crippen molar-refractivity contribution in [1.82, 2.24) is 0 Å². The van der Waals surface area contributed by atoms with Crippen LogP contribution >= 0.6 is 0 Å². The maximum absolute atomic E-state index is 11.5. The van der Waals surface area contributed by atoms with Crippen molar-refractivity contribution in [1.29, 1.82) is 0 Å². The Kier molecular flexibility index (Phi) is 13.1. The molecular formula is C16H28N2O4. The van der Waals surface area contributed by atoms with Crippen molar-refractivity contribution >= 4 is 12.1 Å². The number of carbonyl (C=O) groups excluding carboxylic acids is 2. The summed E-state index contributed by atoms with van der Waals surface area (Å²) in [6, 6.07) is 0. The van der Waals surface area contributed by atoms with Gasteiger partial charge in [0.1, 0.15) is 0 Å². The van der Waals surface area contributed by atoms with E-state index < -0.39 is 12.1 Å². The third-order valence-corrected chi connectivity index (χ3v) is 3.03. The monoisotopic (exact) mass is 312 g/mol. The Labute approximate surface area is 133 Å². The molecule has 1 amide bonds. The molecule has 6 heteroatoms. The molecule has 0 bridgehead atoms. The first-order chi connectivity index (χ1) is 10.6. The minimum absolute atomic E-state index is 0.298. The summed E-state index contributed by atoms with van der Waals surface area (Å²) >= 11 is 0. The van der Waals surface area contributed by atoms with Gasteiger partial charge in [-0.3, -0.25) is 0 Å². The predicted octanol–water partition coefficient (Wildman–Crippen LogP) is 4.79. The molecule has 0 aliphatic carbocycles. The van der Waals surface area contributed by atoms with E-state index in [1.54, 1.807) is 6.92 Å². The van der Waals surface area contributed by atoms with Crippen LogP contribution in [0.25, 0.3) is 0 Å². The molecule has 0 N–H and O–H groups in total. The highest BCUT2D eigenvalue weighted by Crippen LogP contribution is 2.08. The van der Waals surface area contributed by atoms with E-state index in [-0.39, 0.29) is 0 Å². The lowest BCUT2D eigenvalue weighted by atomic mass is 10.1. The smallest absolute Gasteiger partial charge is 0.452 e. The van der Waals surface area contributed by atoms with Gasteiger partial charge in [-0.05, 0) is 13.3 Å². The van der Waals surface area contributed by atoms with E-state index in [9.17, 15) is 9.59 Å². The fourth-order valence-electron chi connectivity index (χ4n) is 1.81. The summed E-state index contributed by atoms with van der Waals surface area (Å²) in [5.41, 5.74) is 0.298. The van der Waals surface area contributed by atoms with Crippen LogP contribution in [0.1, 0.15) is 65.2 Å². The second-order valence-corrected chi connectivity index (χ2v) is 5.10. The van der Waals surface area contributed by atoms with E-state index in [2.05, 4.69) is 21.9 Å². The van der Waals surface area contributed by atoms with Crippen LogP contribution in [0.15, 0.2) is 22.0 Å². The summed E-state index contributed by atoms with van der Waals surface area (Å²) < 4.78 is 9.35. The lowest BCUT2D eigenvalue weighted by molar-refractivity contribution is -0.137. The van der Waals surface area contributed by atoms with Gasteiger partial charge in [-0.2, -0.15) is 0 Å². The second-order valence-electron chi connectivity index (χ2n) is 5.10. The first-order valence-corrected chi connectivity index (χ1v) is 7.95. The highest BCUT2D eigenvalue weighted by atomic mass is 16.5. The first kappa shape index (κ1) is 20.3. The molecule has 0 atom stereocenters. The molecule has 126 valence electrons. The van der Waals surface area contributed by atoms with Gasteiger partial charge in [-0.1, -0.05) is 57.0 Å². The predicted molar refractivity (Wildman–Crippen MR) is 84.6 cm³/mol. The summed E-state index contributed by atoms with van der Waals surface area (Å²) in [6.07, 6.45) is 9.97. The van der Waals surface area contributed by atoms with Crippen LogP contribution in [0, 0.1) is 0 Å². The van der Waals surface area contributed by atoms with Crippen molar-refractivity contribution in [2.45, 2.75) is 65.2 Å². The number of methoxy groups -OCH3 is 1. The number of azo groups is 1. The molecule has 0 saturated carbocycles. The molecule has 0 radical (unpaired) electrons. The lowest BCUT2D eigenvalue weighted by Crippen LogP contribution is -2.03. The zero-order valence-electron chi connectivity index (χ0n) is 14.0. The van der Waals surface area contributed by atoms with Crippen LogP contribution in [0.4, 0.5) is 4.79 Å². The molecule has 0 aromatic rings. The molecule has 0 unspecified atom stereocenters. The maximum Gasteiger partial charge on any atom is 0.452 e. The number of ether oxygens (including phenoxy) is 2. The Morgan fingerprint density at radius 1 is 0.955 bits per heavy atom. The molecule has 0 fully saturated rings. The van der Waals surface area contributed by atoms with Gasteiger partial charge in [0, 0.05) is 6.08 Å². The van der Waals surface area contributed by atoms with Crippen molar-refractivity contribution < 1.29 is 19.1 Å². The van der Waals surface area contributed by atoms with Crippen LogP contribution < -0.4 is 0 Å². The van der Waals surface area contributed by atoms with Crippen molar-refractivity contribution in [3.05, 3.63) is 11.8 Å². The molecule has 22 heavy (non-hydrogen) atoms. The first-order valence-electron chi connectivity index (χ1n) is 7.95. The highest BCUT2D eigenvalue weighted by Gasteiger charge is 2.00. The SMILES string of the molecule is CCCCCCCCCCOC(=O)/C=C(/C)N=NC(=O)OC. The summed E-state index contributed by atoms with van der Waals surface area (Å²) in [5, 5.41) is 6.77. The molecule has 0 aliphatic heterocycles. The third-order valence-electron chi connectivity index (χ3n) is 3.03. The molecule has 6 nitrogen and oxygen atoms in total. The largest absolute Gasteiger partial charge is 0.462 e. The van der Waals surface area contributed by atoms with E-state index in [0.717, 1.165) is 12.8 Å². The maximum atomic E-state index is 11.5. The third kappa shape index (κ3) is 13.3. The Morgan fingerprint density at radius 3 is 2.14 bits per heavy atom. The van der Waals surface area contributed by atoms with Gasteiger partial charge >= 0.3 is 12.1 Å². The van der Waals surface area contributed by atoms with Gasteiger partial charge in [0.15, 0.2) is 0 Å². The summed E-state index contributed by atoms with van der Waals surface area (Å²) in [4.78, 5) is 22.2. The second kappa shape index (κ2) is 14.2. The lowest BCUT2D eigenvalue weighted by Gasteiger charge is -2.03. The zero-order chi connectivity index (χ0) is 16.6. The molecule has 0 aromatic carbocycles. The number of allylic oxidation sites excluding steroid dienone is 1. The van der Waals surface area contributed by atoms with E-state index in [0.29, 0.717) is 12.3 Å². The molecule has 0 heterocycles. The van der Waals surface area contributed by atoms with Gasteiger partial charge in [0.25, 0.3) is 0 Å². The summed E-state index contributed by atoms with van der Waals surface area (Å²) in [6.45, 7) is 4.18. The number of amides is 1. The Balaban J connectivity index is 3.64. The number of unbranched alkanes of at least 4 members (excludes halogenated alkanes) is 7. The Hall–Kier alpha value is -1.72. The van der Waals surface area contributed by atoms with Gasteiger partial charge in [0.2, 0.25) is 0 Å². The van der Waals surface area contributed by atoms with E-state index in [4.69, 9.17) is 4.74 Å². The number of hydrogen-bond donors (Lipinski definition) is 0. The number of rotatable bonds is 11. The van der Waals surface area contributed by atoms with E-state index in [1.165, 1.54) is 51.7 Å². The molecule has 0 saturated heterocycles. The fourth-order valence-corrected chi connectivity index (χ4v) is 1.81. The molecule has 0 aliphatic rings. The fraction of sp³-hybridized carbons (Fsp3) is 0.750. The standard InChI is InChI=1S/C16H28N2O4/c1-4-5-6-7-8-9-10-11-12-22-15(19)13-14(2)17-18-16(20)21-3/h13H,4-12H2,1-3H3/b14-13-,18-17?. The zero-order valence-corrected chi connectivity index (χ0v) is 14.0. The molecule has 0 rings (SSSR count). The quantitative estimate of drug-likeness (QED) is 0.238. The highest BCUT2D eigenvalue weighted by molar-refractivity contribution is 5.82. The van der Waals surface area contributed by atoms with Crippen molar-refractivity contribution in [3.8, 4) is 0 Å². The van der Waals surface area contributed by atoms with Gasteiger partial charge in [0.05, 0.1) is 19.4 Å². The minimum Gasteiger partial charge on any atom is -0.462 e. The molecular weight excluding hydrogens is 284 g/mol. The molecule has 0 aromatic heterocycles. The molecule has 0 spiro atoms. The van der Waals surface area contributed by atoms with Gasteiger partial charge in [-0.15, -0.1) is 5.11 Å². The minimum atomic E-state index is -0.806. The van der Waals surface area contributed by atoms with Crippen molar-refractivity contribution in [2.24, 2.45) is 10.2 Å². The summed E-state index contributed by atoms with van der Waals surface area (Å²) in [5.74, 6) is -0.468. The van der Waals surface area contributed by atoms with Crippen molar-refractivity contribution in [3.63, 3.8) is 0 Å². The van der Waals surface area contributed by atoms with Gasteiger partial charge < -0.3 is 9.47 Å². The summed E-state index contributed by atoms with van der Waals surface area (Å²) in [7, 11) is 1.21. The number of nitrogens with zero attached hydrogens (tertiary/aromatic N) is 2. The normalized spacial score (nSPS) is 11.7. The number of esters is 1. The van der Waals surface area contributed by atoms with Crippen LogP contribution in [-0.4, -0.2) is 25.8 Å². The van der Waals surface area contributed by atoms with Crippen LogP contribution in [0.2, 0.25) is 0 Å². The van der Waals surface area contributed by atoms with Gasteiger partial charge in [-0.25, -0.2) is 9.59 Å². The van der Waals surface area contributed by atoms with E-state index in [1.807, 2.05) is 0 Å². The van der Waals surface area contributed by atoms with Crippen molar-refractivity contribution in [2.75, 3.05) is 13.7 Å². The topological polar surface area (TPSA) is 77.3 Å². The van der Waals surface area contributed by atoms with Crippen LogP contribution in [0.5, 0.6) is 0 Å². The van der Waals surface area contributed by atoms with E-state index >= 15 is 0 Å².